The second kappa shape index (κ2) is 4.36. The Morgan fingerprint density at radius 3 is 2.88 bits per heavy atom. The first-order valence-electron chi connectivity index (χ1n) is 4.32. The monoisotopic (exact) mass is 240 g/mol. The molecule has 2 heterocycles. The summed E-state index contributed by atoms with van der Waals surface area (Å²) in [5.74, 6) is -3.22. The zero-order chi connectivity index (χ0) is 11.5. The maximum atomic E-state index is 13.2. The molecule has 0 fully saturated rings. The third-order valence-corrected chi connectivity index (χ3v) is 2.55. The van der Waals surface area contributed by atoms with E-state index in [1.807, 2.05) is 0 Å². The zero-order valence-electron chi connectivity index (χ0n) is 7.91. The smallest absolute Gasteiger partial charge is 0.258 e. The second-order valence-corrected chi connectivity index (χ2v) is 3.71. The van der Waals surface area contributed by atoms with Gasteiger partial charge < -0.3 is 5.32 Å². The Hall–Kier alpha value is -1.82. The quantitative estimate of drug-likeness (QED) is 0.820. The molecule has 1 amide bonds. The molecule has 0 aliphatic rings. The lowest BCUT2D eigenvalue weighted by molar-refractivity contribution is 0.102. The molecule has 1 N–H and O–H groups in total. The molecule has 0 radical (unpaired) electrons. The van der Waals surface area contributed by atoms with E-state index in [0.717, 1.165) is 12.3 Å². The lowest BCUT2D eigenvalue weighted by Gasteiger charge is -2.03. The normalized spacial score (nSPS) is 10.1. The Labute approximate surface area is 93.8 Å². The summed E-state index contributed by atoms with van der Waals surface area (Å²) in [6.07, 6.45) is 1.04. The third-order valence-electron chi connectivity index (χ3n) is 1.87. The van der Waals surface area contributed by atoms with Gasteiger partial charge in [0.1, 0.15) is 0 Å². The predicted octanol–water partition coefficient (Wildman–Crippen LogP) is 2.67. The molecule has 82 valence electrons. The molecule has 2 aromatic heterocycles. The maximum absolute atomic E-state index is 13.2. The van der Waals surface area contributed by atoms with Gasteiger partial charge in [0, 0.05) is 11.6 Å². The van der Waals surface area contributed by atoms with Crippen molar-refractivity contribution in [1.29, 1.82) is 0 Å². The summed E-state index contributed by atoms with van der Waals surface area (Å²) >= 11 is 1.39. The Balaban J connectivity index is 2.24. The molecular formula is C10H6F2N2OS. The number of carbonyl (C=O) groups excluding carboxylic acids is 1. The van der Waals surface area contributed by atoms with Crippen molar-refractivity contribution in [1.82, 2.24) is 4.98 Å². The van der Waals surface area contributed by atoms with Crippen LogP contribution in [0.25, 0.3) is 0 Å². The highest BCUT2D eigenvalue weighted by molar-refractivity contribution is 7.08. The summed E-state index contributed by atoms with van der Waals surface area (Å²) in [4.78, 5) is 14.6. The van der Waals surface area contributed by atoms with Crippen LogP contribution in [0.1, 0.15) is 10.4 Å². The van der Waals surface area contributed by atoms with E-state index in [9.17, 15) is 13.6 Å². The second-order valence-electron chi connectivity index (χ2n) is 2.93. The summed E-state index contributed by atoms with van der Waals surface area (Å²) in [7, 11) is 0. The Kier molecular flexibility index (Phi) is 2.91. The number of pyridine rings is 1. The van der Waals surface area contributed by atoms with Crippen molar-refractivity contribution in [2.45, 2.75) is 0 Å². The van der Waals surface area contributed by atoms with Crippen LogP contribution in [0.4, 0.5) is 14.5 Å². The third kappa shape index (κ3) is 2.06. The fraction of sp³-hybridized carbons (Fsp3) is 0. The van der Waals surface area contributed by atoms with Crippen molar-refractivity contribution >= 4 is 22.9 Å². The average molecular weight is 240 g/mol. The van der Waals surface area contributed by atoms with Crippen LogP contribution < -0.4 is 5.32 Å². The molecule has 0 bridgehead atoms. The van der Waals surface area contributed by atoms with Crippen molar-refractivity contribution in [2.75, 3.05) is 5.32 Å². The van der Waals surface area contributed by atoms with Crippen molar-refractivity contribution in [3.63, 3.8) is 0 Å². The van der Waals surface area contributed by atoms with Crippen molar-refractivity contribution in [2.24, 2.45) is 0 Å². The van der Waals surface area contributed by atoms with Crippen LogP contribution in [0.2, 0.25) is 0 Å². The Morgan fingerprint density at radius 2 is 2.19 bits per heavy atom. The molecule has 0 aliphatic carbocycles. The molecule has 0 saturated heterocycles. The predicted molar refractivity (Wildman–Crippen MR) is 56.4 cm³/mol. The molecule has 0 atom stereocenters. The summed E-state index contributed by atoms with van der Waals surface area (Å²) in [5, 5.41) is 5.89. The molecular weight excluding hydrogens is 234 g/mol. The SMILES string of the molecule is O=C(Nc1ccsc1)c1ccnc(F)c1F. The molecule has 0 saturated carbocycles. The van der Waals surface area contributed by atoms with Gasteiger partial charge in [0.05, 0.1) is 11.3 Å². The summed E-state index contributed by atoms with van der Waals surface area (Å²) in [6, 6.07) is 2.79. The number of nitrogens with zero attached hydrogens (tertiary/aromatic N) is 1. The number of rotatable bonds is 2. The van der Waals surface area contributed by atoms with Gasteiger partial charge in [-0.05, 0) is 17.5 Å². The van der Waals surface area contributed by atoms with Gasteiger partial charge in [-0.2, -0.15) is 15.7 Å². The van der Waals surface area contributed by atoms with Crippen molar-refractivity contribution in [3.05, 3.63) is 46.4 Å². The van der Waals surface area contributed by atoms with Crippen molar-refractivity contribution < 1.29 is 13.6 Å². The topological polar surface area (TPSA) is 42.0 Å². The first-order valence-corrected chi connectivity index (χ1v) is 5.26. The highest BCUT2D eigenvalue weighted by atomic mass is 32.1. The van der Waals surface area contributed by atoms with E-state index in [1.54, 1.807) is 16.8 Å². The first-order chi connectivity index (χ1) is 7.68. The first kappa shape index (κ1) is 10.7. The summed E-state index contributed by atoms with van der Waals surface area (Å²) in [5.41, 5.74) is 0.185. The van der Waals surface area contributed by atoms with Crippen molar-refractivity contribution in [3.8, 4) is 0 Å². The number of nitrogens with one attached hydrogen (secondary N) is 1. The number of thiophene rings is 1. The molecule has 0 unspecified atom stereocenters. The number of aromatic nitrogens is 1. The van der Waals surface area contributed by atoms with Gasteiger partial charge in [-0.25, -0.2) is 9.37 Å². The van der Waals surface area contributed by atoms with E-state index >= 15 is 0 Å². The number of anilines is 1. The average Bonchev–Trinajstić information content (AvgIpc) is 2.74. The molecule has 6 heteroatoms. The van der Waals surface area contributed by atoms with Crippen LogP contribution in [0.3, 0.4) is 0 Å². The van der Waals surface area contributed by atoms with Gasteiger partial charge >= 0.3 is 0 Å². The lowest BCUT2D eigenvalue weighted by Crippen LogP contribution is -2.14. The summed E-state index contributed by atoms with van der Waals surface area (Å²) < 4.78 is 25.9. The molecule has 2 rings (SSSR count). The molecule has 0 spiro atoms. The van der Waals surface area contributed by atoms with E-state index in [2.05, 4.69) is 10.3 Å². The van der Waals surface area contributed by atoms with Gasteiger partial charge in [-0.1, -0.05) is 0 Å². The van der Waals surface area contributed by atoms with E-state index < -0.39 is 17.7 Å². The van der Waals surface area contributed by atoms with E-state index in [4.69, 9.17) is 0 Å². The number of hydrogen-bond donors (Lipinski definition) is 1. The van der Waals surface area contributed by atoms with E-state index in [-0.39, 0.29) is 5.56 Å². The molecule has 3 nitrogen and oxygen atoms in total. The Morgan fingerprint density at radius 1 is 1.38 bits per heavy atom. The molecule has 0 aromatic carbocycles. The van der Waals surface area contributed by atoms with Crippen LogP contribution in [-0.2, 0) is 0 Å². The minimum Gasteiger partial charge on any atom is -0.321 e. The standard InChI is InChI=1S/C10H6F2N2OS/c11-8-7(1-3-13-9(8)12)10(15)14-6-2-4-16-5-6/h1-5H,(H,14,15). The number of halogens is 2. The number of carbonyl (C=O) groups is 1. The fourth-order valence-electron chi connectivity index (χ4n) is 1.13. The molecule has 0 aliphatic heterocycles. The maximum Gasteiger partial charge on any atom is 0.258 e. The summed E-state index contributed by atoms with van der Waals surface area (Å²) in [6.45, 7) is 0. The highest BCUT2D eigenvalue weighted by Crippen LogP contribution is 2.15. The van der Waals surface area contributed by atoms with Gasteiger partial charge in [0.15, 0.2) is 5.82 Å². The van der Waals surface area contributed by atoms with Crippen LogP contribution in [0, 0.1) is 11.8 Å². The van der Waals surface area contributed by atoms with Gasteiger partial charge in [0.25, 0.3) is 5.91 Å². The number of hydrogen-bond acceptors (Lipinski definition) is 3. The molecule has 2 aromatic rings. The van der Waals surface area contributed by atoms with Gasteiger partial charge in [-0.15, -0.1) is 0 Å². The number of amides is 1. The van der Waals surface area contributed by atoms with Gasteiger partial charge in [0.2, 0.25) is 5.95 Å². The van der Waals surface area contributed by atoms with Crippen LogP contribution in [0.5, 0.6) is 0 Å². The zero-order valence-corrected chi connectivity index (χ0v) is 8.72. The van der Waals surface area contributed by atoms with E-state index in [0.29, 0.717) is 5.69 Å². The van der Waals surface area contributed by atoms with Crippen LogP contribution in [-0.4, -0.2) is 10.9 Å². The minimum absolute atomic E-state index is 0.362. The highest BCUT2D eigenvalue weighted by Gasteiger charge is 2.16. The minimum atomic E-state index is -1.28. The van der Waals surface area contributed by atoms with Gasteiger partial charge in [-0.3, -0.25) is 4.79 Å². The largest absolute Gasteiger partial charge is 0.321 e. The van der Waals surface area contributed by atoms with Crippen LogP contribution >= 0.6 is 11.3 Å². The fourth-order valence-corrected chi connectivity index (χ4v) is 1.72. The lowest BCUT2D eigenvalue weighted by atomic mass is 10.2. The molecule has 16 heavy (non-hydrogen) atoms. The Bertz CT molecular complexity index is 514. The van der Waals surface area contributed by atoms with E-state index in [1.165, 1.54) is 11.3 Å². The van der Waals surface area contributed by atoms with Crippen LogP contribution in [0.15, 0.2) is 29.1 Å².